The Morgan fingerprint density at radius 3 is 2.50 bits per heavy atom. The Labute approximate surface area is 119 Å². The molecular formula is C16H19N3O. The van der Waals surface area contributed by atoms with Crippen LogP contribution in [0.15, 0.2) is 48.7 Å². The van der Waals surface area contributed by atoms with Gasteiger partial charge in [-0.25, -0.2) is 0 Å². The molecule has 3 N–H and O–H groups in total. The van der Waals surface area contributed by atoms with E-state index < -0.39 is 6.04 Å². The number of nitrogens with zero attached hydrogens (tertiary/aromatic N) is 1. The van der Waals surface area contributed by atoms with Gasteiger partial charge < -0.3 is 11.1 Å². The van der Waals surface area contributed by atoms with Gasteiger partial charge in [0.05, 0.1) is 11.7 Å². The normalized spacial score (nSPS) is 13.6. The third-order valence-electron chi connectivity index (χ3n) is 3.21. The highest BCUT2D eigenvalue weighted by molar-refractivity contribution is 5.83. The minimum absolute atomic E-state index is 0.166. The number of hydrogen-bond donors (Lipinski definition) is 2. The average Bonchev–Trinajstić information content (AvgIpc) is 2.48. The van der Waals surface area contributed by atoms with E-state index in [-0.39, 0.29) is 11.9 Å². The van der Waals surface area contributed by atoms with Gasteiger partial charge in [0.25, 0.3) is 0 Å². The lowest BCUT2D eigenvalue weighted by Crippen LogP contribution is -2.35. The van der Waals surface area contributed by atoms with E-state index in [1.807, 2.05) is 56.3 Å². The van der Waals surface area contributed by atoms with Crippen molar-refractivity contribution in [3.63, 3.8) is 0 Å². The number of carbonyl (C=O) groups is 1. The molecule has 20 heavy (non-hydrogen) atoms. The van der Waals surface area contributed by atoms with E-state index >= 15 is 0 Å². The van der Waals surface area contributed by atoms with E-state index in [0.29, 0.717) is 0 Å². The molecule has 4 heteroatoms. The Morgan fingerprint density at radius 2 is 1.90 bits per heavy atom. The lowest BCUT2D eigenvalue weighted by Gasteiger charge is -2.17. The number of hydrogen-bond acceptors (Lipinski definition) is 3. The van der Waals surface area contributed by atoms with Crippen molar-refractivity contribution >= 4 is 5.91 Å². The van der Waals surface area contributed by atoms with Crippen LogP contribution >= 0.6 is 0 Å². The van der Waals surface area contributed by atoms with Crippen LogP contribution in [0.5, 0.6) is 0 Å². The maximum Gasteiger partial charge on any atom is 0.242 e. The monoisotopic (exact) mass is 269 g/mol. The summed E-state index contributed by atoms with van der Waals surface area (Å²) in [4.78, 5) is 16.4. The summed E-state index contributed by atoms with van der Waals surface area (Å²) in [5.74, 6) is -0.202. The summed E-state index contributed by atoms with van der Waals surface area (Å²) in [6.45, 7) is 3.89. The summed E-state index contributed by atoms with van der Waals surface area (Å²) in [6, 6.07) is 12.4. The minimum Gasteiger partial charge on any atom is -0.346 e. The van der Waals surface area contributed by atoms with Gasteiger partial charge in [0.1, 0.15) is 6.04 Å². The molecule has 0 saturated carbocycles. The first-order chi connectivity index (χ1) is 9.58. The van der Waals surface area contributed by atoms with Crippen molar-refractivity contribution in [3.8, 4) is 0 Å². The Kier molecular flexibility index (Phi) is 4.48. The van der Waals surface area contributed by atoms with Crippen LogP contribution in [0.25, 0.3) is 0 Å². The number of benzene rings is 1. The Balaban J connectivity index is 2.02. The predicted octanol–water partition coefficient (Wildman–Crippen LogP) is 2.27. The second-order valence-electron chi connectivity index (χ2n) is 4.87. The molecule has 2 rings (SSSR count). The number of nitrogens with two attached hydrogens (primary N) is 1. The molecule has 1 aromatic carbocycles. The maximum absolute atomic E-state index is 12.1. The molecule has 0 spiro atoms. The standard InChI is InChI=1S/C16H19N3O/c1-11-6-8-13(9-7-11)15(17)16(20)19-12(2)14-5-3-4-10-18-14/h3-10,12,15H,17H2,1-2H3,(H,19,20). The van der Waals surface area contributed by atoms with E-state index in [2.05, 4.69) is 10.3 Å². The minimum atomic E-state index is -0.665. The molecule has 0 bridgehead atoms. The predicted molar refractivity (Wildman–Crippen MR) is 78.9 cm³/mol. The van der Waals surface area contributed by atoms with Crippen LogP contribution in [0.2, 0.25) is 0 Å². The average molecular weight is 269 g/mol. The van der Waals surface area contributed by atoms with Crippen molar-refractivity contribution in [2.24, 2.45) is 5.73 Å². The van der Waals surface area contributed by atoms with Crippen LogP contribution in [-0.4, -0.2) is 10.9 Å². The summed E-state index contributed by atoms with van der Waals surface area (Å²) in [5.41, 5.74) is 8.75. The smallest absolute Gasteiger partial charge is 0.242 e. The zero-order valence-corrected chi connectivity index (χ0v) is 11.7. The summed E-state index contributed by atoms with van der Waals surface area (Å²) in [5, 5.41) is 2.88. The lowest BCUT2D eigenvalue weighted by molar-refractivity contribution is -0.123. The van der Waals surface area contributed by atoms with E-state index in [1.165, 1.54) is 0 Å². The third-order valence-corrected chi connectivity index (χ3v) is 3.21. The highest BCUT2D eigenvalue weighted by Gasteiger charge is 2.18. The van der Waals surface area contributed by atoms with Gasteiger partial charge in [0, 0.05) is 6.20 Å². The lowest BCUT2D eigenvalue weighted by atomic mass is 10.0. The summed E-state index contributed by atoms with van der Waals surface area (Å²) in [7, 11) is 0. The Morgan fingerprint density at radius 1 is 1.20 bits per heavy atom. The van der Waals surface area contributed by atoms with Crippen molar-refractivity contribution in [3.05, 3.63) is 65.5 Å². The van der Waals surface area contributed by atoms with Crippen molar-refractivity contribution in [1.82, 2.24) is 10.3 Å². The Bertz CT molecular complexity index is 566. The quantitative estimate of drug-likeness (QED) is 0.894. The van der Waals surface area contributed by atoms with E-state index in [0.717, 1.165) is 16.8 Å². The second-order valence-corrected chi connectivity index (χ2v) is 4.87. The number of aromatic nitrogens is 1. The molecule has 0 aliphatic rings. The maximum atomic E-state index is 12.1. The van der Waals surface area contributed by atoms with E-state index in [1.54, 1.807) is 6.20 Å². The molecule has 4 nitrogen and oxygen atoms in total. The van der Waals surface area contributed by atoms with Gasteiger partial charge >= 0.3 is 0 Å². The van der Waals surface area contributed by atoms with Gasteiger partial charge in [-0.3, -0.25) is 9.78 Å². The van der Waals surface area contributed by atoms with Crippen LogP contribution in [0.1, 0.15) is 35.8 Å². The highest BCUT2D eigenvalue weighted by Crippen LogP contribution is 2.14. The van der Waals surface area contributed by atoms with Crippen LogP contribution < -0.4 is 11.1 Å². The first-order valence-corrected chi connectivity index (χ1v) is 6.61. The molecule has 0 saturated heterocycles. The molecular weight excluding hydrogens is 250 g/mol. The second kappa shape index (κ2) is 6.30. The number of carbonyl (C=O) groups excluding carboxylic acids is 1. The van der Waals surface area contributed by atoms with Crippen LogP contribution in [-0.2, 0) is 4.79 Å². The molecule has 2 unspecified atom stereocenters. The zero-order chi connectivity index (χ0) is 14.5. The topological polar surface area (TPSA) is 68.0 Å². The Hall–Kier alpha value is -2.20. The van der Waals surface area contributed by atoms with Gasteiger partial charge in [0.15, 0.2) is 0 Å². The van der Waals surface area contributed by atoms with Gasteiger partial charge in [-0.2, -0.15) is 0 Å². The third kappa shape index (κ3) is 3.42. The fourth-order valence-corrected chi connectivity index (χ4v) is 1.93. The SMILES string of the molecule is Cc1ccc(C(N)C(=O)NC(C)c2ccccn2)cc1. The molecule has 2 aromatic rings. The van der Waals surface area contributed by atoms with E-state index in [9.17, 15) is 4.79 Å². The molecule has 1 amide bonds. The molecule has 0 aliphatic heterocycles. The van der Waals surface area contributed by atoms with Crippen molar-refractivity contribution in [1.29, 1.82) is 0 Å². The van der Waals surface area contributed by atoms with Gasteiger partial charge in [-0.15, -0.1) is 0 Å². The van der Waals surface area contributed by atoms with Crippen LogP contribution in [0.4, 0.5) is 0 Å². The molecule has 2 atom stereocenters. The number of pyridine rings is 1. The largest absolute Gasteiger partial charge is 0.346 e. The highest BCUT2D eigenvalue weighted by atomic mass is 16.2. The van der Waals surface area contributed by atoms with Crippen molar-refractivity contribution in [2.75, 3.05) is 0 Å². The van der Waals surface area contributed by atoms with Gasteiger partial charge in [-0.1, -0.05) is 35.9 Å². The fraction of sp³-hybridized carbons (Fsp3) is 0.250. The van der Waals surface area contributed by atoms with Crippen molar-refractivity contribution < 1.29 is 4.79 Å². The van der Waals surface area contributed by atoms with E-state index in [4.69, 9.17) is 5.73 Å². The molecule has 104 valence electrons. The molecule has 0 radical (unpaired) electrons. The van der Waals surface area contributed by atoms with Crippen molar-refractivity contribution in [2.45, 2.75) is 25.9 Å². The first kappa shape index (κ1) is 14.2. The van der Waals surface area contributed by atoms with Gasteiger partial charge in [0.2, 0.25) is 5.91 Å². The number of amides is 1. The molecule has 1 heterocycles. The van der Waals surface area contributed by atoms with Gasteiger partial charge in [-0.05, 0) is 31.5 Å². The summed E-state index contributed by atoms with van der Waals surface area (Å²) in [6.07, 6.45) is 1.71. The number of aryl methyl sites for hydroxylation is 1. The molecule has 0 fully saturated rings. The van der Waals surface area contributed by atoms with Crippen LogP contribution in [0.3, 0.4) is 0 Å². The number of rotatable bonds is 4. The molecule has 0 aliphatic carbocycles. The summed E-state index contributed by atoms with van der Waals surface area (Å²) >= 11 is 0. The summed E-state index contributed by atoms with van der Waals surface area (Å²) < 4.78 is 0. The first-order valence-electron chi connectivity index (χ1n) is 6.61. The van der Waals surface area contributed by atoms with Crippen LogP contribution in [0, 0.1) is 6.92 Å². The fourth-order valence-electron chi connectivity index (χ4n) is 1.93. The zero-order valence-electron chi connectivity index (χ0n) is 11.7. The molecule has 1 aromatic heterocycles. The number of nitrogens with one attached hydrogen (secondary N) is 1.